The molecule has 140 valence electrons. The Morgan fingerprint density at radius 2 is 2.12 bits per heavy atom. The van der Waals surface area contributed by atoms with Gasteiger partial charge < -0.3 is 15.0 Å². The van der Waals surface area contributed by atoms with Gasteiger partial charge in [-0.25, -0.2) is 9.98 Å². The molecule has 1 aliphatic heterocycles. The van der Waals surface area contributed by atoms with E-state index in [1.807, 2.05) is 6.92 Å². The highest BCUT2D eigenvalue weighted by atomic mass is 19.4. The molecule has 1 N–H and O–H groups in total. The van der Waals surface area contributed by atoms with Crippen LogP contribution in [0.15, 0.2) is 23.3 Å². The Morgan fingerprint density at radius 3 is 2.76 bits per heavy atom. The van der Waals surface area contributed by atoms with Crippen LogP contribution in [-0.4, -0.2) is 48.3 Å². The molecule has 0 radical (unpaired) electrons. The molecule has 0 aliphatic carbocycles. The minimum Gasteiger partial charge on any atom is -0.468 e. The van der Waals surface area contributed by atoms with Crippen LogP contribution in [0.3, 0.4) is 0 Å². The number of hydrogen-bond donors (Lipinski definition) is 1. The summed E-state index contributed by atoms with van der Waals surface area (Å²) in [6.07, 6.45) is -0.762. The maximum absolute atomic E-state index is 12.4. The molecule has 2 heterocycles. The third-order valence-electron chi connectivity index (χ3n) is 4.04. The monoisotopic (exact) mass is 358 g/mol. The molecule has 5 nitrogen and oxygen atoms in total. The molecule has 0 spiro atoms. The second kappa shape index (κ2) is 8.92. The number of alkyl halides is 3. The second-order valence-corrected chi connectivity index (χ2v) is 6.21. The fourth-order valence-electron chi connectivity index (χ4n) is 2.63. The summed E-state index contributed by atoms with van der Waals surface area (Å²) >= 11 is 0. The van der Waals surface area contributed by atoms with Crippen LogP contribution in [-0.2, 0) is 6.54 Å². The van der Waals surface area contributed by atoms with E-state index in [-0.39, 0.29) is 12.4 Å². The molecule has 1 aromatic heterocycles. The number of guanidine groups is 1. The molecule has 0 bridgehead atoms. The lowest BCUT2D eigenvalue weighted by atomic mass is 10.00. The fraction of sp³-hybridized carbons (Fsp3) is 0.647. The van der Waals surface area contributed by atoms with Crippen molar-refractivity contribution in [1.29, 1.82) is 0 Å². The van der Waals surface area contributed by atoms with E-state index in [4.69, 9.17) is 4.74 Å². The first-order valence-electron chi connectivity index (χ1n) is 8.55. The van der Waals surface area contributed by atoms with Gasteiger partial charge in [0.1, 0.15) is 0 Å². The zero-order valence-corrected chi connectivity index (χ0v) is 14.6. The number of hydrogen-bond acceptors (Lipinski definition) is 3. The number of aromatic nitrogens is 1. The summed E-state index contributed by atoms with van der Waals surface area (Å²) in [6.45, 7) is 5.68. The van der Waals surface area contributed by atoms with Crippen molar-refractivity contribution in [3.63, 3.8) is 0 Å². The normalized spacial score (nSPS) is 16.8. The number of likely N-dealkylation sites (tertiary alicyclic amines) is 1. The highest BCUT2D eigenvalue weighted by Crippen LogP contribution is 2.21. The van der Waals surface area contributed by atoms with E-state index in [0.29, 0.717) is 11.5 Å². The molecule has 1 fully saturated rings. The Bertz CT molecular complexity index is 569. The maximum atomic E-state index is 12.4. The van der Waals surface area contributed by atoms with Gasteiger partial charge in [0.25, 0.3) is 0 Å². The molecule has 1 saturated heterocycles. The van der Waals surface area contributed by atoms with Crippen LogP contribution < -0.4 is 10.1 Å². The third-order valence-corrected chi connectivity index (χ3v) is 4.04. The van der Waals surface area contributed by atoms with Crippen LogP contribution in [0.25, 0.3) is 0 Å². The van der Waals surface area contributed by atoms with Gasteiger partial charge in [0.05, 0.1) is 6.54 Å². The molecule has 1 aromatic rings. The van der Waals surface area contributed by atoms with Gasteiger partial charge in [-0.15, -0.1) is 0 Å². The summed E-state index contributed by atoms with van der Waals surface area (Å²) in [5.41, 5.74) is 0.535. The Kier molecular flexibility index (Phi) is 6.90. The molecule has 0 amide bonds. The molecule has 8 heteroatoms. The molecule has 0 unspecified atom stereocenters. The summed E-state index contributed by atoms with van der Waals surface area (Å²) in [4.78, 5) is 10.7. The zero-order valence-electron chi connectivity index (χ0n) is 14.6. The number of nitrogens with one attached hydrogen (secondary N) is 1. The van der Waals surface area contributed by atoms with Crippen LogP contribution in [0.1, 0.15) is 32.3 Å². The molecule has 0 atom stereocenters. The predicted molar refractivity (Wildman–Crippen MR) is 90.6 cm³/mol. The van der Waals surface area contributed by atoms with Crippen molar-refractivity contribution >= 4 is 5.96 Å². The van der Waals surface area contributed by atoms with Crippen LogP contribution in [0, 0.1) is 5.92 Å². The number of halogens is 3. The van der Waals surface area contributed by atoms with Crippen LogP contribution >= 0.6 is 0 Å². The third kappa shape index (κ3) is 6.43. The van der Waals surface area contributed by atoms with Crippen molar-refractivity contribution < 1.29 is 17.9 Å². The van der Waals surface area contributed by atoms with E-state index in [9.17, 15) is 13.2 Å². The Hall–Kier alpha value is -1.99. The van der Waals surface area contributed by atoms with Crippen LogP contribution in [0.4, 0.5) is 13.2 Å². The maximum Gasteiger partial charge on any atom is 0.422 e. The lowest BCUT2D eigenvalue weighted by Crippen LogP contribution is -2.45. The van der Waals surface area contributed by atoms with E-state index in [2.05, 4.69) is 27.1 Å². The highest BCUT2D eigenvalue weighted by molar-refractivity contribution is 5.80. The number of aliphatic imine (C=N–C) groups is 1. The minimum absolute atomic E-state index is 0.0216. The van der Waals surface area contributed by atoms with E-state index in [1.54, 1.807) is 12.1 Å². The summed E-state index contributed by atoms with van der Waals surface area (Å²) in [5, 5.41) is 3.25. The van der Waals surface area contributed by atoms with Crippen molar-refractivity contribution in [2.45, 2.75) is 39.4 Å². The Morgan fingerprint density at radius 1 is 1.40 bits per heavy atom. The fourth-order valence-corrected chi connectivity index (χ4v) is 2.63. The molecule has 1 aliphatic rings. The second-order valence-electron chi connectivity index (χ2n) is 6.21. The first-order chi connectivity index (χ1) is 11.9. The summed E-state index contributed by atoms with van der Waals surface area (Å²) < 4.78 is 41.9. The highest BCUT2D eigenvalue weighted by Gasteiger charge is 2.29. The standard InChI is InChI=1S/C17H25F3N4O/c1-3-21-16(24-9-6-13(2)7-10-24)23-11-14-5-4-8-22-15(14)25-12-17(18,19)20/h4-5,8,13H,3,6-7,9-12H2,1-2H3,(H,21,23). The van der Waals surface area contributed by atoms with Gasteiger partial charge >= 0.3 is 6.18 Å². The lowest BCUT2D eigenvalue weighted by molar-refractivity contribution is -0.154. The first kappa shape index (κ1) is 19.3. The average molecular weight is 358 g/mol. The van der Waals surface area contributed by atoms with E-state index >= 15 is 0 Å². The van der Waals surface area contributed by atoms with Crippen molar-refractivity contribution in [2.24, 2.45) is 10.9 Å². The van der Waals surface area contributed by atoms with E-state index < -0.39 is 12.8 Å². The average Bonchev–Trinajstić information content (AvgIpc) is 2.57. The van der Waals surface area contributed by atoms with Gasteiger partial charge in [-0.05, 0) is 31.7 Å². The Balaban J connectivity index is 2.06. The molecule has 0 saturated carbocycles. The van der Waals surface area contributed by atoms with E-state index in [1.165, 1.54) is 6.20 Å². The van der Waals surface area contributed by atoms with Gasteiger partial charge in [-0.3, -0.25) is 0 Å². The molecular weight excluding hydrogens is 333 g/mol. The van der Waals surface area contributed by atoms with Crippen LogP contribution in [0.5, 0.6) is 5.88 Å². The molecule has 25 heavy (non-hydrogen) atoms. The summed E-state index contributed by atoms with van der Waals surface area (Å²) in [5.74, 6) is 1.46. The van der Waals surface area contributed by atoms with Gasteiger partial charge in [0.15, 0.2) is 12.6 Å². The van der Waals surface area contributed by atoms with Crippen molar-refractivity contribution in [2.75, 3.05) is 26.2 Å². The van der Waals surface area contributed by atoms with Gasteiger partial charge in [0, 0.05) is 31.4 Å². The first-order valence-corrected chi connectivity index (χ1v) is 8.55. The van der Waals surface area contributed by atoms with E-state index in [0.717, 1.165) is 38.4 Å². The number of piperidine rings is 1. The quantitative estimate of drug-likeness (QED) is 0.649. The topological polar surface area (TPSA) is 49.8 Å². The SMILES string of the molecule is CCNC(=NCc1cccnc1OCC(F)(F)F)N1CCC(C)CC1. The van der Waals surface area contributed by atoms with Crippen molar-refractivity contribution in [3.8, 4) is 5.88 Å². The van der Waals surface area contributed by atoms with Gasteiger partial charge in [-0.2, -0.15) is 13.2 Å². The number of pyridine rings is 1. The van der Waals surface area contributed by atoms with Gasteiger partial charge in [0.2, 0.25) is 5.88 Å². The molecular formula is C17H25F3N4O. The van der Waals surface area contributed by atoms with Crippen molar-refractivity contribution in [3.05, 3.63) is 23.9 Å². The molecule has 0 aromatic carbocycles. The van der Waals surface area contributed by atoms with Crippen LogP contribution in [0.2, 0.25) is 0 Å². The summed E-state index contributed by atoms with van der Waals surface area (Å²) in [7, 11) is 0. The predicted octanol–water partition coefficient (Wildman–Crippen LogP) is 3.22. The minimum atomic E-state index is -4.39. The lowest BCUT2D eigenvalue weighted by Gasteiger charge is -2.33. The molecule has 2 rings (SSSR count). The Labute approximate surface area is 146 Å². The summed E-state index contributed by atoms with van der Waals surface area (Å²) in [6, 6.07) is 3.35. The van der Waals surface area contributed by atoms with Gasteiger partial charge in [-0.1, -0.05) is 13.0 Å². The number of ether oxygens (including phenoxy) is 1. The number of rotatable bonds is 5. The number of nitrogens with zero attached hydrogens (tertiary/aromatic N) is 3. The zero-order chi connectivity index (χ0) is 18.3. The smallest absolute Gasteiger partial charge is 0.422 e. The van der Waals surface area contributed by atoms with Crippen molar-refractivity contribution in [1.82, 2.24) is 15.2 Å². The largest absolute Gasteiger partial charge is 0.468 e.